The Hall–Kier alpha value is -1.81. The molecule has 3 N–H and O–H groups in total. The third kappa shape index (κ3) is 3.10. The number of amides is 1. The molecule has 1 amide bonds. The Morgan fingerprint density at radius 3 is 2.76 bits per heavy atom. The first-order chi connectivity index (χ1) is 9.92. The van der Waals surface area contributed by atoms with Gasteiger partial charge in [0.2, 0.25) is 5.91 Å². The van der Waals surface area contributed by atoms with Gasteiger partial charge in [0.15, 0.2) is 0 Å². The molecule has 0 unspecified atom stereocenters. The SMILES string of the molecule is CC(C)(N)CNC(=O)Cc1coc2cc3c(cc12)CCC3. The van der Waals surface area contributed by atoms with Crippen molar-refractivity contribution in [2.24, 2.45) is 5.73 Å². The molecule has 4 heteroatoms. The predicted molar refractivity (Wildman–Crippen MR) is 83.2 cm³/mol. The highest BCUT2D eigenvalue weighted by Crippen LogP contribution is 2.30. The van der Waals surface area contributed by atoms with Crippen molar-refractivity contribution in [3.63, 3.8) is 0 Å². The summed E-state index contributed by atoms with van der Waals surface area (Å²) >= 11 is 0. The van der Waals surface area contributed by atoms with Gasteiger partial charge in [0.05, 0.1) is 12.7 Å². The molecule has 0 bridgehead atoms. The molecule has 0 atom stereocenters. The Kier molecular flexibility index (Phi) is 3.49. The highest BCUT2D eigenvalue weighted by Gasteiger charge is 2.17. The Balaban J connectivity index is 1.77. The number of aryl methyl sites for hydroxylation is 2. The zero-order valence-electron chi connectivity index (χ0n) is 12.7. The van der Waals surface area contributed by atoms with Crippen molar-refractivity contribution in [1.82, 2.24) is 5.32 Å². The molecule has 21 heavy (non-hydrogen) atoms. The summed E-state index contributed by atoms with van der Waals surface area (Å²) in [5.41, 5.74) is 10.1. The summed E-state index contributed by atoms with van der Waals surface area (Å²) in [7, 11) is 0. The largest absolute Gasteiger partial charge is 0.464 e. The van der Waals surface area contributed by atoms with Gasteiger partial charge in [0.25, 0.3) is 0 Å². The van der Waals surface area contributed by atoms with E-state index in [9.17, 15) is 4.79 Å². The molecule has 2 aromatic rings. The number of furan rings is 1. The molecular weight excluding hydrogens is 264 g/mol. The summed E-state index contributed by atoms with van der Waals surface area (Å²) in [6.45, 7) is 4.25. The van der Waals surface area contributed by atoms with Crippen molar-refractivity contribution in [3.8, 4) is 0 Å². The molecule has 0 saturated carbocycles. The van der Waals surface area contributed by atoms with Crippen molar-refractivity contribution in [2.45, 2.75) is 45.1 Å². The van der Waals surface area contributed by atoms with E-state index in [1.165, 1.54) is 17.5 Å². The minimum Gasteiger partial charge on any atom is -0.464 e. The number of fused-ring (bicyclic) bond motifs is 2. The van der Waals surface area contributed by atoms with Gasteiger partial charge in [-0.1, -0.05) is 0 Å². The van der Waals surface area contributed by atoms with Gasteiger partial charge in [-0.3, -0.25) is 4.79 Å². The van der Waals surface area contributed by atoms with Crippen LogP contribution in [0.2, 0.25) is 0 Å². The molecule has 1 aromatic heterocycles. The van der Waals surface area contributed by atoms with Crippen LogP contribution in [0, 0.1) is 0 Å². The maximum Gasteiger partial charge on any atom is 0.224 e. The van der Waals surface area contributed by atoms with Crippen molar-refractivity contribution in [3.05, 3.63) is 35.1 Å². The van der Waals surface area contributed by atoms with E-state index in [-0.39, 0.29) is 5.91 Å². The zero-order chi connectivity index (χ0) is 15.0. The second-order valence-electron chi connectivity index (χ2n) is 6.67. The van der Waals surface area contributed by atoms with Crippen LogP contribution in [0.3, 0.4) is 0 Å². The lowest BCUT2D eigenvalue weighted by Crippen LogP contribution is -2.45. The molecule has 1 aliphatic rings. The van der Waals surface area contributed by atoms with Gasteiger partial charge >= 0.3 is 0 Å². The quantitative estimate of drug-likeness (QED) is 0.906. The lowest BCUT2D eigenvalue weighted by atomic mass is 10.0. The fourth-order valence-corrected chi connectivity index (χ4v) is 2.85. The maximum absolute atomic E-state index is 12.0. The monoisotopic (exact) mass is 286 g/mol. The van der Waals surface area contributed by atoms with Crippen LogP contribution in [0.5, 0.6) is 0 Å². The zero-order valence-corrected chi connectivity index (χ0v) is 12.7. The summed E-state index contributed by atoms with van der Waals surface area (Å²) in [6, 6.07) is 4.32. The molecule has 0 fully saturated rings. The van der Waals surface area contributed by atoms with Crippen LogP contribution < -0.4 is 11.1 Å². The number of benzene rings is 1. The van der Waals surface area contributed by atoms with Crippen molar-refractivity contribution >= 4 is 16.9 Å². The first-order valence-corrected chi connectivity index (χ1v) is 7.50. The van der Waals surface area contributed by atoms with E-state index >= 15 is 0 Å². The molecular formula is C17H22N2O2. The molecule has 0 spiro atoms. The minimum absolute atomic E-state index is 0.0169. The number of rotatable bonds is 4. The van der Waals surface area contributed by atoms with Gasteiger partial charge in [0.1, 0.15) is 5.58 Å². The molecule has 0 aliphatic heterocycles. The molecule has 3 rings (SSSR count). The van der Waals surface area contributed by atoms with Gasteiger partial charge in [-0.05, 0) is 56.4 Å². The van der Waals surface area contributed by atoms with Crippen molar-refractivity contribution in [2.75, 3.05) is 6.54 Å². The van der Waals surface area contributed by atoms with E-state index < -0.39 is 5.54 Å². The second kappa shape index (κ2) is 5.19. The van der Waals surface area contributed by atoms with Crippen LogP contribution in [-0.2, 0) is 24.1 Å². The normalized spacial score (nSPS) is 14.4. The van der Waals surface area contributed by atoms with Crippen LogP contribution >= 0.6 is 0 Å². The minimum atomic E-state index is -0.394. The average molecular weight is 286 g/mol. The standard InChI is InChI=1S/C17H22N2O2/c1-17(2,18)10-19-16(20)8-13-9-21-15-7-12-5-3-4-11(12)6-14(13)15/h6-7,9H,3-5,8,10,18H2,1-2H3,(H,19,20). The van der Waals surface area contributed by atoms with E-state index in [2.05, 4.69) is 17.4 Å². The van der Waals surface area contributed by atoms with Gasteiger partial charge in [0, 0.05) is 23.0 Å². The summed E-state index contributed by atoms with van der Waals surface area (Å²) in [4.78, 5) is 12.0. The number of hydrogen-bond donors (Lipinski definition) is 2. The van der Waals surface area contributed by atoms with E-state index in [0.29, 0.717) is 13.0 Å². The molecule has 4 nitrogen and oxygen atoms in total. The lowest BCUT2D eigenvalue weighted by molar-refractivity contribution is -0.120. The predicted octanol–water partition coefficient (Wildman–Crippen LogP) is 2.32. The number of nitrogens with two attached hydrogens (primary N) is 1. The smallest absolute Gasteiger partial charge is 0.224 e. The number of hydrogen-bond acceptors (Lipinski definition) is 3. The van der Waals surface area contributed by atoms with Gasteiger partial charge in [-0.25, -0.2) is 0 Å². The number of carbonyl (C=O) groups is 1. The first kappa shape index (κ1) is 14.1. The summed E-state index contributed by atoms with van der Waals surface area (Å²) < 4.78 is 5.62. The number of carbonyl (C=O) groups excluding carboxylic acids is 1. The van der Waals surface area contributed by atoms with Gasteiger partial charge in [-0.2, -0.15) is 0 Å². The fraction of sp³-hybridized carbons (Fsp3) is 0.471. The Morgan fingerprint density at radius 1 is 1.33 bits per heavy atom. The molecule has 112 valence electrons. The van der Waals surface area contributed by atoms with Gasteiger partial charge in [-0.15, -0.1) is 0 Å². The van der Waals surface area contributed by atoms with Crippen LogP contribution in [0.25, 0.3) is 11.0 Å². The molecule has 1 heterocycles. The van der Waals surface area contributed by atoms with Crippen LogP contribution in [0.1, 0.15) is 37.0 Å². The van der Waals surface area contributed by atoms with Crippen molar-refractivity contribution in [1.29, 1.82) is 0 Å². The second-order valence-corrected chi connectivity index (χ2v) is 6.67. The third-order valence-corrected chi connectivity index (χ3v) is 3.96. The molecule has 1 aromatic carbocycles. The Bertz CT molecular complexity index is 680. The third-order valence-electron chi connectivity index (χ3n) is 3.96. The molecule has 0 saturated heterocycles. The maximum atomic E-state index is 12.0. The highest BCUT2D eigenvalue weighted by atomic mass is 16.3. The van der Waals surface area contributed by atoms with Crippen LogP contribution in [0.15, 0.2) is 22.8 Å². The average Bonchev–Trinajstić information content (AvgIpc) is 3.00. The highest BCUT2D eigenvalue weighted by molar-refractivity contribution is 5.88. The van der Waals surface area contributed by atoms with E-state index in [1.54, 1.807) is 6.26 Å². The number of nitrogens with one attached hydrogen (secondary N) is 1. The van der Waals surface area contributed by atoms with Crippen LogP contribution in [-0.4, -0.2) is 18.0 Å². The first-order valence-electron chi connectivity index (χ1n) is 7.50. The summed E-state index contributed by atoms with van der Waals surface area (Å²) in [6.07, 6.45) is 5.51. The molecule has 0 radical (unpaired) electrons. The van der Waals surface area contributed by atoms with E-state index in [1.807, 2.05) is 13.8 Å². The van der Waals surface area contributed by atoms with Crippen LogP contribution in [0.4, 0.5) is 0 Å². The Morgan fingerprint density at radius 2 is 2.05 bits per heavy atom. The molecule has 1 aliphatic carbocycles. The van der Waals surface area contributed by atoms with E-state index in [4.69, 9.17) is 10.2 Å². The van der Waals surface area contributed by atoms with Crippen molar-refractivity contribution < 1.29 is 9.21 Å². The summed E-state index contributed by atoms with van der Waals surface area (Å²) in [5.74, 6) is -0.0169. The Labute approximate surface area is 124 Å². The van der Waals surface area contributed by atoms with Gasteiger partial charge < -0.3 is 15.5 Å². The lowest BCUT2D eigenvalue weighted by Gasteiger charge is -2.18. The topological polar surface area (TPSA) is 68.3 Å². The fourth-order valence-electron chi connectivity index (χ4n) is 2.85. The summed E-state index contributed by atoms with van der Waals surface area (Å²) in [5, 5.41) is 3.94. The van der Waals surface area contributed by atoms with E-state index in [0.717, 1.165) is 29.4 Å².